The molecule has 0 heterocycles. The topological polar surface area (TPSA) is 52.9 Å². The second-order valence-corrected chi connectivity index (χ2v) is 5.25. The molecular weight excluding hydrogens is 239 g/mol. The van der Waals surface area contributed by atoms with E-state index in [1.54, 1.807) is 18.4 Å². The standard InChI is InChI=1S/C12H15FN2OS/c1-17(16)7-3-6-15-9-11-5-2-4-10(8-14)12(11)13/h2,4-5,15H,3,6-7,9H2,1H3. The Hall–Kier alpha value is -1.25. The van der Waals surface area contributed by atoms with Gasteiger partial charge in [0.1, 0.15) is 11.9 Å². The first kappa shape index (κ1) is 13.8. The number of nitrogens with one attached hydrogen (secondary N) is 1. The van der Waals surface area contributed by atoms with E-state index >= 15 is 0 Å². The smallest absolute Gasteiger partial charge is 0.145 e. The molecule has 0 radical (unpaired) electrons. The van der Waals surface area contributed by atoms with Gasteiger partial charge >= 0.3 is 0 Å². The second-order valence-electron chi connectivity index (χ2n) is 3.70. The highest BCUT2D eigenvalue weighted by Crippen LogP contribution is 2.11. The number of benzene rings is 1. The van der Waals surface area contributed by atoms with Crippen LogP contribution in [0.1, 0.15) is 17.5 Å². The Morgan fingerprint density at radius 3 is 2.94 bits per heavy atom. The van der Waals surface area contributed by atoms with Crippen molar-refractivity contribution >= 4 is 10.8 Å². The summed E-state index contributed by atoms with van der Waals surface area (Å²) in [7, 11) is -0.780. The highest BCUT2D eigenvalue weighted by molar-refractivity contribution is 7.84. The molecule has 0 aliphatic heterocycles. The van der Waals surface area contributed by atoms with E-state index in [0.29, 0.717) is 24.4 Å². The maximum Gasteiger partial charge on any atom is 0.145 e. The molecule has 0 amide bonds. The minimum Gasteiger partial charge on any atom is -0.313 e. The molecule has 1 aromatic rings. The third-order valence-corrected chi connectivity index (χ3v) is 3.16. The van der Waals surface area contributed by atoms with E-state index in [0.717, 1.165) is 6.42 Å². The Balaban J connectivity index is 2.42. The molecule has 0 aromatic heterocycles. The van der Waals surface area contributed by atoms with Gasteiger partial charge in [0.15, 0.2) is 0 Å². The van der Waals surface area contributed by atoms with Crippen LogP contribution < -0.4 is 5.32 Å². The molecule has 0 spiro atoms. The molecule has 3 nitrogen and oxygen atoms in total. The van der Waals surface area contributed by atoms with Crippen LogP contribution >= 0.6 is 0 Å². The summed E-state index contributed by atoms with van der Waals surface area (Å²) in [5, 5.41) is 11.7. The van der Waals surface area contributed by atoms with E-state index in [4.69, 9.17) is 5.26 Å². The molecule has 0 aliphatic carbocycles. The van der Waals surface area contributed by atoms with Crippen molar-refractivity contribution in [3.8, 4) is 6.07 Å². The molecule has 1 rings (SSSR count). The fourth-order valence-corrected chi connectivity index (χ4v) is 1.98. The van der Waals surface area contributed by atoms with Gasteiger partial charge < -0.3 is 5.32 Å². The Kier molecular flexibility index (Phi) is 5.81. The molecule has 0 saturated heterocycles. The number of nitrogens with zero attached hydrogens (tertiary/aromatic N) is 1. The van der Waals surface area contributed by atoms with Crippen molar-refractivity contribution in [1.29, 1.82) is 5.26 Å². The maximum absolute atomic E-state index is 13.6. The van der Waals surface area contributed by atoms with Crippen molar-refractivity contribution in [2.24, 2.45) is 0 Å². The first-order chi connectivity index (χ1) is 8.15. The van der Waals surface area contributed by atoms with E-state index in [9.17, 15) is 8.60 Å². The summed E-state index contributed by atoms with van der Waals surface area (Å²) < 4.78 is 24.4. The molecule has 1 N–H and O–H groups in total. The normalized spacial score (nSPS) is 12.1. The van der Waals surface area contributed by atoms with E-state index < -0.39 is 16.6 Å². The summed E-state index contributed by atoms with van der Waals surface area (Å²) in [5.74, 6) is 0.190. The van der Waals surface area contributed by atoms with Gasteiger partial charge in [-0.2, -0.15) is 5.26 Å². The van der Waals surface area contributed by atoms with Crippen LogP contribution in [0.15, 0.2) is 18.2 Å². The van der Waals surface area contributed by atoms with Crippen LogP contribution in [0.5, 0.6) is 0 Å². The first-order valence-corrected chi connectivity index (χ1v) is 7.06. The average Bonchev–Trinajstić information content (AvgIpc) is 2.30. The third kappa shape index (κ3) is 4.63. The number of nitriles is 1. The van der Waals surface area contributed by atoms with E-state index in [-0.39, 0.29) is 5.56 Å². The van der Waals surface area contributed by atoms with Gasteiger partial charge in [0.2, 0.25) is 0 Å². The van der Waals surface area contributed by atoms with Crippen LogP contribution in [-0.2, 0) is 17.3 Å². The minimum atomic E-state index is -0.780. The van der Waals surface area contributed by atoms with Crippen LogP contribution in [0.25, 0.3) is 0 Å². The lowest BCUT2D eigenvalue weighted by atomic mass is 10.1. The van der Waals surface area contributed by atoms with Gasteiger partial charge in [0.25, 0.3) is 0 Å². The lowest BCUT2D eigenvalue weighted by molar-refractivity contribution is 0.583. The fourth-order valence-electron chi connectivity index (χ4n) is 1.43. The highest BCUT2D eigenvalue weighted by Gasteiger charge is 2.06. The van der Waals surface area contributed by atoms with Crippen LogP contribution in [0, 0.1) is 17.1 Å². The summed E-state index contributed by atoms with van der Waals surface area (Å²) in [6.07, 6.45) is 2.46. The third-order valence-electron chi connectivity index (χ3n) is 2.30. The molecule has 0 bridgehead atoms. The first-order valence-electron chi connectivity index (χ1n) is 5.33. The predicted molar refractivity (Wildman–Crippen MR) is 66.4 cm³/mol. The zero-order chi connectivity index (χ0) is 12.7. The summed E-state index contributed by atoms with van der Waals surface area (Å²) in [4.78, 5) is 0. The zero-order valence-electron chi connectivity index (χ0n) is 9.70. The summed E-state index contributed by atoms with van der Waals surface area (Å²) >= 11 is 0. The lowest BCUT2D eigenvalue weighted by Gasteiger charge is -2.06. The molecule has 1 atom stereocenters. The van der Waals surface area contributed by atoms with E-state index in [1.807, 2.05) is 6.07 Å². The lowest BCUT2D eigenvalue weighted by Crippen LogP contribution is -2.17. The van der Waals surface area contributed by atoms with Crippen LogP contribution in [-0.4, -0.2) is 22.8 Å². The van der Waals surface area contributed by atoms with Gasteiger partial charge in [-0.15, -0.1) is 0 Å². The van der Waals surface area contributed by atoms with Gasteiger partial charge in [-0.3, -0.25) is 4.21 Å². The molecule has 5 heteroatoms. The van der Waals surface area contributed by atoms with Crippen molar-refractivity contribution in [2.45, 2.75) is 13.0 Å². The zero-order valence-corrected chi connectivity index (χ0v) is 10.5. The van der Waals surface area contributed by atoms with Crippen molar-refractivity contribution in [3.63, 3.8) is 0 Å². The summed E-state index contributed by atoms with van der Waals surface area (Å²) in [6, 6.07) is 6.59. The highest BCUT2D eigenvalue weighted by atomic mass is 32.2. The molecule has 1 aromatic carbocycles. The molecule has 17 heavy (non-hydrogen) atoms. The minimum absolute atomic E-state index is 0.0685. The number of halogens is 1. The SMILES string of the molecule is CS(=O)CCCNCc1cccc(C#N)c1F. The van der Waals surface area contributed by atoms with Gasteiger partial charge in [-0.1, -0.05) is 12.1 Å². The fraction of sp³-hybridized carbons (Fsp3) is 0.417. The van der Waals surface area contributed by atoms with Crippen LogP contribution in [0.2, 0.25) is 0 Å². The van der Waals surface area contributed by atoms with Crippen molar-refractivity contribution in [2.75, 3.05) is 18.6 Å². The van der Waals surface area contributed by atoms with Crippen molar-refractivity contribution in [1.82, 2.24) is 5.32 Å². The molecular formula is C12H15FN2OS. The Morgan fingerprint density at radius 1 is 1.53 bits per heavy atom. The molecule has 92 valence electrons. The van der Waals surface area contributed by atoms with Crippen molar-refractivity contribution in [3.05, 3.63) is 35.1 Å². The maximum atomic E-state index is 13.6. The van der Waals surface area contributed by atoms with Crippen LogP contribution in [0.4, 0.5) is 4.39 Å². The van der Waals surface area contributed by atoms with Gasteiger partial charge in [-0.25, -0.2) is 4.39 Å². The van der Waals surface area contributed by atoms with Gasteiger partial charge in [-0.05, 0) is 19.0 Å². The average molecular weight is 254 g/mol. The van der Waals surface area contributed by atoms with Gasteiger partial charge in [0, 0.05) is 34.9 Å². The summed E-state index contributed by atoms with van der Waals surface area (Å²) in [6.45, 7) is 1.08. The summed E-state index contributed by atoms with van der Waals surface area (Å²) in [5.41, 5.74) is 0.556. The van der Waals surface area contributed by atoms with Crippen molar-refractivity contribution < 1.29 is 8.60 Å². The van der Waals surface area contributed by atoms with Crippen LogP contribution in [0.3, 0.4) is 0 Å². The molecule has 0 saturated carbocycles. The van der Waals surface area contributed by atoms with Gasteiger partial charge in [0.05, 0.1) is 5.56 Å². The predicted octanol–water partition coefficient (Wildman–Crippen LogP) is 1.56. The Labute approximate surface area is 103 Å². The molecule has 0 fully saturated rings. The molecule has 1 unspecified atom stereocenters. The van der Waals surface area contributed by atoms with E-state index in [2.05, 4.69) is 5.32 Å². The number of rotatable bonds is 6. The largest absolute Gasteiger partial charge is 0.313 e. The quantitative estimate of drug-likeness (QED) is 0.784. The number of hydrogen-bond donors (Lipinski definition) is 1. The van der Waals surface area contributed by atoms with E-state index in [1.165, 1.54) is 6.07 Å². The molecule has 0 aliphatic rings. The number of hydrogen-bond acceptors (Lipinski definition) is 3. The second kappa shape index (κ2) is 7.15. The Bertz CT molecular complexity index is 443. The Morgan fingerprint density at radius 2 is 2.29 bits per heavy atom. The monoisotopic (exact) mass is 254 g/mol.